The molecule has 2 atom stereocenters. The first-order valence-corrected chi connectivity index (χ1v) is 8.67. The summed E-state index contributed by atoms with van der Waals surface area (Å²) in [6.07, 6.45) is 0.951. The molecule has 0 spiro atoms. The molecule has 1 saturated heterocycles. The molecule has 2 aliphatic heterocycles. The maximum Gasteiger partial charge on any atom is 0.274 e. The Hall–Kier alpha value is -2.89. The van der Waals surface area contributed by atoms with Gasteiger partial charge in [0.2, 0.25) is 5.91 Å². The van der Waals surface area contributed by atoms with Crippen LogP contribution in [0.4, 0.5) is 4.39 Å². The van der Waals surface area contributed by atoms with E-state index in [0.717, 1.165) is 0 Å². The fourth-order valence-electron chi connectivity index (χ4n) is 3.34. The van der Waals surface area contributed by atoms with Gasteiger partial charge in [-0.25, -0.2) is 14.1 Å². The molecule has 0 bridgehead atoms. The van der Waals surface area contributed by atoms with Crippen molar-refractivity contribution in [3.8, 4) is 0 Å². The summed E-state index contributed by atoms with van der Waals surface area (Å²) in [6, 6.07) is 0. The van der Waals surface area contributed by atoms with Crippen LogP contribution in [0.2, 0.25) is 0 Å². The second-order valence-corrected chi connectivity index (χ2v) is 6.67. The average Bonchev–Trinajstić information content (AvgIpc) is 3.34. The molecular weight excluding hydrogens is 359 g/mol. The highest BCUT2D eigenvalue weighted by Crippen LogP contribution is 2.18. The number of hydrogen-bond donors (Lipinski definition) is 1. The molecule has 2 aromatic rings. The molecule has 4 rings (SSSR count). The molecule has 0 aromatic carbocycles. The van der Waals surface area contributed by atoms with E-state index in [4.69, 9.17) is 0 Å². The first kappa shape index (κ1) is 17.5. The van der Waals surface area contributed by atoms with Gasteiger partial charge >= 0.3 is 0 Å². The monoisotopic (exact) mass is 378 g/mol. The molecule has 0 radical (unpaired) electrons. The number of aliphatic hydroxyl groups is 1. The van der Waals surface area contributed by atoms with Gasteiger partial charge in [0.1, 0.15) is 36.7 Å². The minimum absolute atomic E-state index is 0.0262. The van der Waals surface area contributed by atoms with Crippen LogP contribution in [0.1, 0.15) is 16.3 Å². The van der Waals surface area contributed by atoms with Gasteiger partial charge in [-0.1, -0.05) is 0 Å². The minimum Gasteiger partial charge on any atom is -0.388 e. The van der Waals surface area contributed by atoms with Crippen LogP contribution in [-0.4, -0.2) is 94.9 Å². The van der Waals surface area contributed by atoms with Gasteiger partial charge in [0, 0.05) is 38.8 Å². The Morgan fingerprint density at radius 1 is 1.22 bits per heavy atom. The number of nitrogens with zero attached hydrogens (tertiary/aromatic N) is 8. The van der Waals surface area contributed by atoms with Crippen molar-refractivity contribution in [2.75, 3.05) is 26.2 Å². The standard InChI is InChI=1S/C15H19FN8O3/c16-10-5-23(7-12(10)25)15(27)11-6-22-4-3-21(2-1-13(22)18-11)14(26)8-24-9-17-19-20-24/h6,9-10,12,25H,1-5,7-8H2/t10-,12-/m1/s1. The lowest BCUT2D eigenvalue weighted by atomic mass is 10.3. The predicted octanol–water partition coefficient (Wildman–Crippen LogP) is -1.89. The second-order valence-electron chi connectivity index (χ2n) is 6.67. The van der Waals surface area contributed by atoms with Gasteiger partial charge in [0.05, 0.1) is 6.54 Å². The third-order valence-corrected chi connectivity index (χ3v) is 4.84. The van der Waals surface area contributed by atoms with Gasteiger partial charge in [0.15, 0.2) is 0 Å². The number of likely N-dealkylation sites (tertiary alicyclic amines) is 1. The summed E-state index contributed by atoms with van der Waals surface area (Å²) >= 11 is 0. The van der Waals surface area contributed by atoms with Gasteiger partial charge in [-0.2, -0.15) is 0 Å². The zero-order valence-corrected chi connectivity index (χ0v) is 14.5. The van der Waals surface area contributed by atoms with Crippen molar-refractivity contribution in [2.24, 2.45) is 0 Å². The normalized spacial score (nSPS) is 22.6. The zero-order valence-electron chi connectivity index (χ0n) is 14.5. The third-order valence-electron chi connectivity index (χ3n) is 4.84. The van der Waals surface area contributed by atoms with E-state index in [2.05, 4.69) is 20.5 Å². The van der Waals surface area contributed by atoms with Crippen LogP contribution in [0.3, 0.4) is 0 Å². The molecule has 1 fully saturated rings. The number of fused-ring (bicyclic) bond motifs is 1. The van der Waals surface area contributed by atoms with E-state index in [1.807, 2.05) is 4.57 Å². The predicted molar refractivity (Wildman–Crippen MR) is 87.1 cm³/mol. The van der Waals surface area contributed by atoms with Crippen LogP contribution in [0, 0.1) is 0 Å². The largest absolute Gasteiger partial charge is 0.388 e. The summed E-state index contributed by atoms with van der Waals surface area (Å²) in [7, 11) is 0. The molecule has 2 amide bonds. The van der Waals surface area contributed by atoms with Gasteiger partial charge in [-0.15, -0.1) is 5.10 Å². The number of carbonyl (C=O) groups excluding carboxylic acids is 2. The molecule has 2 aromatic heterocycles. The quantitative estimate of drug-likeness (QED) is 0.662. The highest BCUT2D eigenvalue weighted by molar-refractivity contribution is 5.92. The van der Waals surface area contributed by atoms with Crippen molar-refractivity contribution in [3.63, 3.8) is 0 Å². The number of β-amino-alcohol motifs (C(OH)–C–C–N with tert-alkyl or cyclic N) is 1. The summed E-state index contributed by atoms with van der Waals surface area (Å²) in [5.41, 5.74) is 0.236. The molecule has 0 aliphatic carbocycles. The second kappa shape index (κ2) is 7.02. The number of alkyl halides is 1. The van der Waals surface area contributed by atoms with Crippen molar-refractivity contribution in [1.82, 2.24) is 39.6 Å². The third kappa shape index (κ3) is 3.52. The highest BCUT2D eigenvalue weighted by Gasteiger charge is 2.35. The van der Waals surface area contributed by atoms with Crippen molar-refractivity contribution >= 4 is 11.8 Å². The van der Waals surface area contributed by atoms with Crippen molar-refractivity contribution in [2.45, 2.75) is 31.8 Å². The molecule has 2 aliphatic rings. The van der Waals surface area contributed by atoms with Gasteiger partial charge in [-0.3, -0.25) is 9.59 Å². The minimum atomic E-state index is -1.42. The number of halogens is 1. The number of tetrazole rings is 1. The number of hydrogen-bond acceptors (Lipinski definition) is 7. The smallest absolute Gasteiger partial charge is 0.274 e. The van der Waals surface area contributed by atoms with E-state index >= 15 is 0 Å². The molecule has 0 saturated carbocycles. The Labute approximate surface area is 153 Å². The Morgan fingerprint density at radius 3 is 2.78 bits per heavy atom. The lowest BCUT2D eigenvalue weighted by Gasteiger charge is -2.19. The van der Waals surface area contributed by atoms with Gasteiger partial charge in [0.25, 0.3) is 5.91 Å². The molecule has 4 heterocycles. The number of rotatable bonds is 3. The van der Waals surface area contributed by atoms with Crippen LogP contribution < -0.4 is 0 Å². The summed E-state index contributed by atoms with van der Waals surface area (Å²) in [6.45, 7) is 1.38. The maximum absolute atomic E-state index is 13.5. The molecule has 11 nitrogen and oxygen atoms in total. The van der Waals surface area contributed by atoms with Crippen LogP contribution in [0.15, 0.2) is 12.5 Å². The molecule has 0 unspecified atom stereocenters. The van der Waals surface area contributed by atoms with E-state index in [9.17, 15) is 19.1 Å². The highest BCUT2D eigenvalue weighted by atomic mass is 19.1. The van der Waals surface area contributed by atoms with E-state index < -0.39 is 12.3 Å². The Morgan fingerprint density at radius 2 is 2.07 bits per heavy atom. The van der Waals surface area contributed by atoms with Gasteiger partial charge in [-0.05, 0) is 10.4 Å². The number of imidazole rings is 1. The van der Waals surface area contributed by atoms with Crippen LogP contribution in [0.5, 0.6) is 0 Å². The number of aliphatic hydroxyl groups excluding tert-OH is 1. The Balaban J connectivity index is 1.39. The van der Waals surface area contributed by atoms with Crippen molar-refractivity contribution in [3.05, 3.63) is 24.0 Å². The Kier molecular flexibility index (Phi) is 4.56. The van der Waals surface area contributed by atoms with E-state index in [1.54, 1.807) is 11.1 Å². The fourth-order valence-corrected chi connectivity index (χ4v) is 3.34. The average molecular weight is 378 g/mol. The summed E-state index contributed by atoms with van der Waals surface area (Å²) in [5.74, 6) is 0.221. The van der Waals surface area contributed by atoms with Crippen LogP contribution in [0.25, 0.3) is 0 Å². The van der Waals surface area contributed by atoms with Gasteiger partial charge < -0.3 is 19.5 Å². The number of carbonyl (C=O) groups is 2. The SMILES string of the molecule is O=C(Cn1cnnn1)N1CCc2nc(C(=O)N3C[C@@H](O)[C@H](F)C3)cn2CC1. The number of aromatic nitrogens is 6. The van der Waals surface area contributed by atoms with E-state index in [-0.39, 0.29) is 37.1 Å². The summed E-state index contributed by atoms with van der Waals surface area (Å²) in [5, 5.41) is 20.2. The summed E-state index contributed by atoms with van der Waals surface area (Å²) < 4.78 is 16.7. The molecular formula is C15H19FN8O3. The van der Waals surface area contributed by atoms with E-state index in [0.29, 0.717) is 31.9 Å². The van der Waals surface area contributed by atoms with Crippen LogP contribution >= 0.6 is 0 Å². The van der Waals surface area contributed by atoms with Crippen molar-refractivity contribution in [1.29, 1.82) is 0 Å². The molecule has 1 N–H and O–H groups in total. The van der Waals surface area contributed by atoms with Crippen molar-refractivity contribution < 1.29 is 19.1 Å². The zero-order chi connectivity index (χ0) is 19.0. The summed E-state index contributed by atoms with van der Waals surface area (Å²) in [4.78, 5) is 32.2. The lowest BCUT2D eigenvalue weighted by Crippen LogP contribution is -2.36. The topological polar surface area (TPSA) is 122 Å². The maximum atomic E-state index is 13.5. The number of amides is 2. The van der Waals surface area contributed by atoms with E-state index in [1.165, 1.54) is 15.9 Å². The molecule has 144 valence electrons. The Bertz CT molecular complexity index is 803. The lowest BCUT2D eigenvalue weighted by molar-refractivity contribution is -0.132. The molecule has 12 heteroatoms. The first-order chi connectivity index (χ1) is 13.0. The first-order valence-electron chi connectivity index (χ1n) is 8.67. The molecule has 27 heavy (non-hydrogen) atoms. The van der Waals surface area contributed by atoms with Crippen LogP contribution in [-0.2, 0) is 24.3 Å². The fraction of sp³-hybridized carbons (Fsp3) is 0.600.